The molecule has 0 aliphatic carbocycles. The van der Waals surface area contributed by atoms with Crippen molar-refractivity contribution in [3.8, 4) is 0 Å². The largest absolute Gasteiger partial charge is 0.367 e. The fourth-order valence-electron chi connectivity index (χ4n) is 3.99. The molecular formula is C24H26N6O2. The fourth-order valence-corrected chi connectivity index (χ4v) is 3.99. The summed E-state index contributed by atoms with van der Waals surface area (Å²) in [5.74, 6) is 0.139. The number of nitrogens with zero attached hydrogens (tertiary/aromatic N) is 4. The summed E-state index contributed by atoms with van der Waals surface area (Å²) in [6.45, 7) is 9.77. The van der Waals surface area contributed by atoms with Crippen LogP contribution in [0.25, 0.3) is 11.0 Å². The van der Waals surface area contributed by atoms with E-state index in [0.29, 0.717) is 11.4 Å². The third-order valence-corrected chi connectivity index (χ3v) is 5.88. The normalized spacial score (nSPS) is 13.6. The van der Waals surface area contributed by atoms with Gasteiger partial charge in [0, 0.05) is 53.1 Å². The Morgan fingerprint density at radius 3 is 2.88 bits per heavy atom. The number of hydrogen-bond donors (Lipinski definition) is 2. The summed E-state index contributed by atoms with van der Waals surface area (Å²) in [4.78, 5) is 19.6. The first kappa shape index (κ1) is 20.2. The number of anilines is 2. The summed E-state index contributed by atoms with van der Waals surface area (Å²) in [5.41, 5.74) is 6.41. The fraction of sp³-hybridized carbons (Fsp3) is 0.333. The van der Waals surface area contributed by atoms with E-state index in [0.717, 1.165) is 53.2 Å². The molecule has 1 amide bonds. The van der Waals surface area contributed by atoms with Gasteiger partial charge in [-0.25, -0.2) is 4.98 Å². The van der Waals surface area contributed by atoms with Crippen LogP contribution in [-0.4, -0.2) is 32.8 Å². The van der Waals surface area contributed by atoms with E-state index in [4.69, 9.17) is 4.52 Å². The zero-order valence-corrected chi connectivity index (χ0v) is 18.7. The van der Waals surface area contributed by atoms with Gasteiger partial charge in [-0.3, -0.25) is 15.2 Å². The molecule has 1 aromatic carbocycles. The Morgan fingerprint density at radius 1 is 1.25 bits per heavy atom. The summed E-state index contributed by atoms with van der Waals surface area (Å²) in [7, 11) is 0. The predicted octanol–water partition coefficient (Wildman–Crippen LogP) is 4.37. The third kappa shape index (κ3) is 3.72. The molecule has 0 bridgehead atoms. The molecule has 0 saturated heterocycles. The molecule has 0 spiro atoms. The van der Waals surface area contributed by atoms with Crippen molar-refractivity contribution >= 4 is 28.5 Å². The number of fused-ring (bicyclic) bond motifs is 2. The molecule has 0 fully saturated rings. The highest BCUT2D eigenvalue weighted by Crippen LogP contribution is 2.31. The Kier molecular flexibility index (Phi) is 4.73. The number of carbonyl (C=O) groups is 1. The lowest BCUT2D eigenvalue weighted by Gasteiger charge is -2.20. The molecule has 8 heteroatoms. The van der Waals surface area contributed by atoms with Crippen LogP contribution in [0.4, 0.5) is 11.6 Å². The van der Waals surface area contributed by atoms with Gasteiger partial charge in [0.05, 0.1) is 5.69 Å². The van der Waals surface area contributed by atoms with E-state index in [2.05, 4.69) is 36.6 Å². The smallest absolute Gasteiger partial charge is 0.258 e. The van der Waals surface area contributed by atoms with E-state index in [-0.39, 0.29) is 11.3 Å². The second kappa shape index (κ2) is 7.47. The number of aryl methyl sites for hydroxylation is 1. The first-order valence-corrected chi connectivity index (χ1v) is 10.7. The number of pyridine rings is 1. The van der Waals surface area contributed by atoms with Gasteiger partial charge in [0.25, 0.3) is 5.91 Å². The van der Waals surface area contributed by atoms with Crippen LogP contribution in [0.3, 0.4) is 0 Å². The molecule has 0 radical (unpaired) electrons. The van der Waals surface area contributed by atoms with E-state index >= 15 is 0 Å². The summed E-state index contributed by atoms with van der Waals surface area (Å²) >= 11 is 0. The number of carbonyl (C=O) groups excluding carboxylic acids is 1. The van der Waals surface area contributed by atoms with Crippen molar-refractivity contribution in [1.29, 1.82) is 0 Å². The number of nitrogens with one attached hydrogen (secondary N) is 2. The lowest BCUT2D eigenvalue weighted by atomic mass is 9.92. The topological polar surface area (TPSA) is 99.9 Å². The Morgan fingerprint density at radius 2 is 2.09 bits per heavy atom. The molecule has 4 heterocycles. The molecule has 2 N–H and O–H groups in total. The standard InChI is InChI=1S/C24H26N6O2/c1-14-18-9-15(12-25-22(18)28-27-14)13-30-8-7-16-5-6-17(10-19(16)30)23(31)26-21-11-20(29-32-21)24(2,3)4/h5-6,9-12H,7-8,13H2,1-4H3,(H,26,31)(H,25,27,28). The van der Waals surface area contributed by atoms with Gasteiger partial charge in [-0.05, 0) is 42.7 Å². The molecule has 1 aliphatic heterocycles. The molecule has 0 atom stereocenters. The zero-order chi connectivity index (χ0) is 22.5. The van der Waals surface area contributed by atoms with Crippen molar-refractivity contribution in [2.24, 2.45) is 0 Å². The highest BCUT2D eigenvalue weighted by molar-refractivity contribution is 6.04. The second-order valence-electron chi connectivity index (χ2n) is 9.36. The minimum atomic E-state index is -0.214. The molecule has 0 saturated carbocycles. The van der Waals surface area contributed by atoms with Crippen LogP contribution in [0.1, 0.15) is 53.6 Å². The molecule has 5 rings (SSSR count). The molecule has 0 unspecified atom stereocenters. The first-order chi connectivity index (χ1) is 15.3. The van der Waals surface area contributed by atoms with Crippen molar-refractivity contribution in [2.45, 2.75) is 46.1 Å². The van der Waals surface area contributed by atoms with Crippen LogP contribution in [0.15, 0.2) is 41.1 Å². The van der Waals surface area contributed by atoms with Crippen LogP contribution in [-0.2, 0) is 18.4 Å². The van der Waals surface area contributed by atoms with Gasteiger partial charge in [-0.2, -0.15) is 5.10 Å². The lowest BCUT2D eigenvalue weighted by molar-refractivity contribution is 0.102. The average Bonchev–Trinajstić information content (AvgIpc) is 3.47. The van der Waals surface area contributed by atoms with Crippen LogP contribution < -0.4 is 10.2 Å². The van der Waals surface area contributed by atoms with Crippen LogP contribution in [0.5, 0.6) is 0 Å². The Labute approximate surface area is 186 Å². The summed E-state index contributed by atoms with van der Waals surface area (Å²) in [5, 5.41) is 15.1. The summed E-state index contributed by atoms with van der Waals surface area (Å²) in [6.07, 6.45) is 2.82. The highest BCUT2D eigenvalue weighted by atomic mass is 16.5. The molecule has 32 heavy (non-hydrogen) atoms. The van der Waals surface area contributed by atoms with Crippen LogP contribution >= 0.6 is 0 Å². The van der Waals surface area contributed by atoms with Crippen molar-refractivity contribution < 1.29 is 9.32 Å². The quantitative estimate of drug-likeness (QED) is 0.499. The zero-order valence-electron chi connectivity index (χ0n) is 18.7. The third-order valence-electron chi connectivity index (χ3n) is 5.88. The van der Waals surface area contributed by atoms with E-state index in [1.165, 1.54) is 5.56 Å². The summed E-state index contributed by atoms with van der Waals surface area (Å²) in [6, 6.07) is 9.76. The molecular weight excluding hydrogens is 404 g/mol. The number of aromatic nitrogens is 4. The van der Waals surface area contributed by atoms with Crippen molar-refractivity contribution in [3.63, 3.8) is 0 Å². The van der Waals surface area contributed by atoms with Crippen LogP contribution in [0, 0.1) is 6.92 Å². The Bertz CT molecular complexity index is 1310. The van der Waals surface area contributed by atoms with Gasteiger partial charge in [0.1, 0.15) is 0 Å². The molecule has 1 aliphatic rings. The van der Waals surface area contributed by atoms with Crippen molar-refractivity contribution in [1.82, 2.24) is 20.3 Å². The predicted molar refractivity (Wildman–Crippen MR) is 123 cm³/mol. The monoisotopic (exact) mass is 430 g/mol. The van der Waals surface area contributed by atoms with Crippen molar-refractivity contribution in [2.75, 3.05) is 16.8 Å². The number of hydrogen-bond acceptors (Lipinski definition) is 6. The van der Waals surface area contributed by atoms with Gasteiger partial charge in [-0.15, -0.1) is 0 Å². The van der Waals surface area contributed by atoms with E-state index < -0.39 is 0 Å². The van der Waals surface area contributed by atoms with Crippen molar-refractivity contribution in [3.05, 3.63) is 64.6 Å². The molecule has 3 aromatic heterocycles. The average molecular weight is 431 g/mol. The molecule has 164 valence electrons. The second-order valence-corrected chi connectivity index (χ2v) is 9.36. The number of H-pyrrole nitrogens is 1. The maximum Gasteiger partial charge on any atom is 0.258 e. The van der Waals surface area contributed by atoms with Gasteiger partial charge in [0.2, 0.25) is 5.88 Å². The van der Waals surface area contributed by atoms with E-state index in [1.807, 2.05) is 52.1 Å². The first-order valence-electron chi connectivity index (χ1n) is 10.7. The molecule has 4 aromatic rings. The SMILES string of the molecule is Cc1[nH]nc2ncc(CN3CCc4ccc(C(=O)Nc5cc(C(C)(C)C)no5)cc43)cc12. The minimum Gasteiger partial charge on any atom is -0.367 e. The minimum absolute atomic E-state index is 0.145. The highest BCUT2D eigenvalue weighted by Gasteiger charge is 2.23. The van der Waals surface area contributed by atoms with E-state index in [9.17, 15) is 4.79 Å². The number of rotatable bonds is 4. The summed E-state index contributed by atoms with van der Waals surface area (Å²) < 4.78 is 5.31. The van der Waals surface area contributed by atoms with Gasteiger partial charge in [0.15, 0.2) is 5.65 Å². The number of amides is 1. The van der Waals surface area contributed by atoms with Gasteiger partial charge < -0.3 is 9.42 Å². The molecule has 8 nitrogen and oxygen atoms in total. The number of aromatic amines is 1. The van der Waals surface area contributed by atoms with Gasteiger partial charge in [-0.1, -0.05) is 32.0 Å². The van der Waals surface area contributed by atoms with Gasteiger partial charge >= 0.3 is 0 Å². The maximum absolute atomic E-state index is 12.9. The van der Waals surface area contributed by atoms with E-state index in [1.54, 1.807) is 6.07 Å². The Balaban J connectivity index is 1.35. The van der Waals surface area contributed by atoms with Crippen LogP contribution in [0.2, 0.25) is 0 Å². The lowest BCUT2D eigenvalue weighted by Crippen LogP contribution is -2.20. The maximum atomic E-state index is 12.9. The Hall–Kier alpha value is -3.68. The number of benzene rings is 1.